The van der Waals surface area contributed by atoms with Gasteiger partial charge in [0.2, 0.25) is 0 Å². The van der Waals surface area contributed by atoms with E-state index >= 15 is 0 Å². The highest BCUT2D eigenvalue weighted by Gasteiger charge is 2.22. The van der Waals surface area contributed by atoms with Crippen LogP contribution in [0.5, 0.6) is 0 Å². The van der Waals surface area contributed by atoms with E-state index in [9.17, 15) is 0 Å². The molecule has 1 aliphatic rings. The minimum Gasteiger partial charge on any atom is -0.308 e. The van der Waals surface area contributed by atoms with Gasteiger partial charge in [0.15, 0.2) is 0 Å². The summed E-state index contributed by atoms with van der Waals surface area (Å²) in [6.45, 7) is 1.94. The fourth-order valence-electron chi connectivity index (χ4n) is 2.07. The molecule has 1 heterocycles. The molecule has 0 bridgehead atoms. The molecule has 1 aliphatic carbocycles. The first kappa shape index (κ1) is 11.0. The van der Waals surface area contributed by atoms with Crippen LogP contribution in [-0.4, -0.2) is 0 Å². The zero-order valence-corrected chi connectivity index (χ0v) is 10.7. The van der Waals surface area contributed by atoms with E-state index in [0.29, 0.717) is 0 Å². The molecule has 0 saturated heterocycles. The summed E-state index contributed by atoms with van der Waals surface area (Å²) in [6, 6.07) is 13.4. The Morgan fingerprint density at radius 1 is 1.06 bits per heavy atom. The number of nitrogens with one attached hydrogen (secondary N) is 1. The van der Waals surface area contributed by atoms with E-state index in [0.717, 1.165) is 19.0 Å². The van der Waals surface area contributed by atoms with Crippen molar-refractivity contribution in [2.75, 3.05) is 0 Å². The fraction of sp³-hybridized carbons (Fsp3) is 0.333. The smallest absolute Gasteiger partial charge is 0.0302 e. The molecule has 17 heavy (non-hydrogen) atoms. The Kier molecular flexibility index (Phi) is 3.25. The monoisotopic (exact) mass is 243 g/mol. The van der Waals surface area contributed by atoms with Crippen LogP contribution in [0.3, 0.4) is 0 Å². The van der Waals surface area contributed by atoms with Gasteiger partial charge in [0.1, 0.15) is 0 Å². The predicted octanol–water partition coefficient (Wildman–Crippen LogP) is 3.92. The summed E-state index contributed by atoms with van der Waals surface area (Å²) in [4.78, 5) is 1.40. The van der Waals surface area contributed by atoms with Crippen LogP contribution in [0.2, 0.25) is 0 Å². The molecule has 0 radical (unpaired) electrons. The Bertz CT molecular complexity index is 454. The van der Waals surface area contributed by atoms with Gasteiger partial charge in [0, 0.05) is 18.0 Å². The summed E-state index contributed by atoms with van der Waals surface area (Å²) in [5, 5.41) is 5.61. The lowest BCUT2D eigenvalue weighted by atomic mass is 10.1. The van der Waals surface area contributed by atoms with E-state index in [1.807, 2.05) is 11.3 Å². The molecule has 3 rings (SSSR count). The van der Waals surface area contributed by atoms with Crippen molar-refractivity contribution >= 4 is 11.3 Å². The summed E-state index contributed by atoms with van der Waals surface area (Å²) in [7, 11) is 0. The molecule has 1 aromatic heterocycles. The van der Waals surface area contributed by atoms with Gasteiger partial charge in [-0.25, -0.2) is 0 Å². The summed E-state index contributed by atoms with van der Waals surface area (Å²) >= 11 is 1.81. The maximum atomic E-state index is 3.48. The highest BCUT2D eigenvalue weighted by Crippen LogP contribution is 2.39. The van der Waals surface area contributed by atoms with Gasteiger partial charge in [-0.1, -0.05) is 30.3 Å². The molecule has 1 saturated carbocycles. The first-order valence-electron chi connectivity index (χ1n) is 6.24. The van der Waals surface area contributed by atoms with Gasteiger partial charge < -0.3 is 5.32 Å². The lowest BCUT2D eigenvalue weighted by Crippen LogP contribution is -2.11. The Morgan fingerprint density at radius 2 is 1.88 bits per heavy atom. The molecule has 1 fully saturated rings. The molecule has 0 amide bonds. The van der Waals surface area contributed by atoms with E-state index in [1.165, 1.54) is 28.8 Å². The van der Waals surface area contributed by atoms with Crippen LogP contribution in [0.4, 0.5) is 0 Å². The Hall–Kier alpha value is -1.12. The van der Waals surface area contributed by atoms with Gasteiger partial charge in [-0.2, -0.15) is 0 Å². The highest BCUT2D eigenvalue weighted by atomic mass is 32.1. The van der Waals surface area contributed by atoms with Crippen LogP contribution in [0.15, 0.2) is 41.8 Å². The van der Waals surface area contributed by atoms with E-state index in [1.54, 1.807) is 0 Å². The van der Waals surface area contributed by atoms with Crippen molar-refractivity contribution in [1.82, 2.24) is 5.32 Å². The second kappa shape index (κ2) is 5.03. The largest absolute Gasteiger partial charge is 0.308 e. The minimum absolute atomic E-state index is 0.864. The van der Waals surface area contributed by atoms with Crippen molar-refractivity contribution in [3.63, 3.8) is 0 Å². The van der Waals surface area contributed by atoms with Crippen LogP contribution in [0.25, 0.3) is 0 Å². The molecular weight excluding hydrogens is 226 g/mol. The first-order chi connectivity index (χ1) is 8.42. The normalized spacial score (nSPS) is 15.1. The molecule has 0 spiro atoms. The maximum Gasteiger partial charge on any atom is 0.0302 e. The van der Waals surface area contributed by atoms with Crippen molar-refractivity contribution in [2.45, 2.75) is 31.8 Å². The van der Waals surface area contributed by atoms with Crippen molar-refractivity contribution in [2.24, 2.45) is 0 Å². The molecule has 0 atom stereocenters. The van der Waals surface area contributed by atoms with Crippen LogP contribution in [0, 0.1) is 0 Å². The summed E-state index contributed by atoms with van der Waals surface area (Å²) in [5.41, 5.74) is 2.90. The number of benzene rings is 1. The second-order valence-corrected chi connectivity index (χ2v) is 5.73. The molecule has 2 aromatic rings. The van der Waals surface area contributed by atoms with E-state index in [-0.39, 0.29) is 0 Å². The summed E-state index contributed by atoms with van der Waals surface area (Å²) in [5.74, 6) is 0.864. The minimum atomic E-state index is 0.864. The van der Waals surface area contributed by atoms with Crippen molar-refractivity contribution in [3.05, 3.63) is 57.8 Å². The SMILES string of the molecule is c1csc(CNCc2ccc(C3CC3)cc2)c1. The molecule has 1 nitrogen and oxygen atoms in total. The molecule has 0 aliphatic heterocycles. The van der Waals surface area contributed by atoms with Crippen LogP contribution in [0.1, 0.15) is 34.8 Å². The quantitative estimate of drug-likeness (QED) is 0.839. The third kappa shape index (κ3) is 2.96. The molecule has 0 unspecified atom stereocenters. The van der Waals surface area contributed by atoms with E-state index in [4.69, 9.17) is 0 Å². The average molecular weight is 243 g/mol. The lowest BCUT2D eigenvalue weighted by molar-refractivity contribution is 0.700. The lowest BCUT2D eigenvalue weighted by Gasteiger charge is -2.04. The number of hydrogen-bond acceptors (Lipinski definition) is 2. The van der Waals surface area contributed by atoms with Gasteiger partial charge in [0.25, 0.3) is 0 Å². The summed E-state index contributed by atoms with van der Waals surface area (Å²) in [6.07, 6.45) is 2.77. The van der Waals surface area contributed by atoms with E-state index < -0.39 is 0 Å². The number of rotatable bonds is 5. The molecular formula is C15H17NS. The van der Waals surface area contributed by atoms with Gasteiger partial charge in [-0.15, -0.1) is 11.3 Å². The molecule has 1 N–H and O–H groups in total. The first-order valence-corrected chi connectivity index (χ1v) is 7.12. The molecule has 1 aromatic carbocycles. The summed E-state index contributed by atoms with van der Waals surface area (Å²) < 4.78 is 0. The van der Waals surface area contributed by atoms with Crippen molar-refractivity contribution < 1.29 is 0 Å². The predicted molar refractivity (Wildman–Crippen MR) is 73.3 cm³/mol. The zero-order valence-electron chi connectivity index (χ0n) is 9.86. The Labute approximate surface area is 106 Å². The fourth-order valence-corrected chi connectivity index (χ4v) is 2.74. The maximum absolute atomic E-state index is 3.48. The third-order valence-electron chi connectivity index (χ3n) is 3.24. The van der Waals surface area contributed by atoms with E-state index in [2.05, 4.69) is 47.1 Å². The van der Waals surface area contributed by atoms with Gasteiger partial charge in [-0.05, 0) is 41.3 Å². The highest BCUT2D eigenvalue weighted by molar-refractivity contribution is 7.09. The standard InChI is InChI=1S/C15H17NS/c1-2-15(17-9-1)11-16-10-12-3-5-13(6-4-12)14-7-8-14/h1-6,9,14,16H,7-8,10-11H2. The number of thiophene rings is 1. The van der Waals surface area contributed by atoms with Gasteiger partial charge in [0.05, 0.1) is 0 Å². The average Bonchev–Trinajstić information content (AvgIpc) is 3.08. The number of hydrogen-bond donors (Lipinski definition) is 1. The van der Waals surface area contributed by atoms with Crippen LogP contribution >= 0.6 is 11.3 Å². The van der Waals surface area contributed by atoms with Crippen LogP contribution < -0.4 is 5.32 Å². The Balaban J connectivity index is 1.51. The van der Waals surface area contributed by atoms with Gasteiger partial charge >= 0.3 is 0 Å². The third-order valence-corrected chi connectivity index (χ3v) is 4.11. The zero-order chi connectivity index (χ0) is 11.5. The Morgan fingerprint density at radius 3 is 2.53 bits per heavy atom. The van der Waals surface area contributed by atoms with Crippen molar-refractivity contribution in [1.29, 1.82) is 0 Å². The second-order valence-electron chi connectivity index (χ2n) is 4.70. The van der Waals surface area contributed by atoms with Gasteiger partial charge in [-0.3, -0.25) is 0 Å². The van der Waals surface area contributed by atoms with Crippen molar-refractivity contribution in [3.8, 4) is 0 Å². The topological polar surface area (TPSA) is 12.0 Å². The van der Waals surface area contributed by atoms with Crippen LogP contribution in [-0.2, 0) is 13.1 Å². The molecule has 88 valence electrons. The molecule has 2 heteroatoms.